The van der Waals surface area contributed by atoms with Gasteiger partial charge < -0.3 is 4.74 Å². The maximum atomic E-state index is 11.4. The molecular weight excluding hydrogens is 200 g/mol. The van der Waals surface area contributed by atoms with Crippen LogP contribution in [-0.2, 0) is 9.53 Å². The lowest BCUT2D eigenvalue weighted by Gasteiger charge is -2.19. The molecule has 2 nitrogen and oxygen atoms in total. The van der Waals surface area contributed by atoms with Gasteiger partial charge in [0.1, 0.15) is 5.60 Å². The van der Waals surface area contributed by atoms with Gasteiger partial charge in [0, 0.05) is 6.42 Å². The van der Waals surface area contributed by atoms with E-state index in [0.29, 0.717) is 6.42 Å². The van der Waals surface area contributed by atoms with Crippen LogP contribution in [0, 0.1) is 0 Å². The molecule has 0 rings (SSSR count). The van der Waals surface area contributed by atoms with E-state index in [0.717, 1.165) is 25.7 Å². The van der Waals surface area contributed by atoms with Crippen molar-refractivity contribution in [3.8, 4) is 0 Å². The molecule has 0 radical (unpaired) electrons. The van der Waals surface area contributed by atoms with Gasteiger partial charge in [-0.2, -0.15) is 0 Å². The topological polar surface area (TPSA) is 26.3 Å². The molecule has 0 saturated heterocycles. The van der Waals surface area contributed by atoms with Crippen molar-refractivity contribution in [1.29, 1.82) is 0 Å². The predicted octanol–water partition coefficient (Wildman–Crippen LogP) is 4.24. The summed E-state index contributed by atoms with van der Waals surface area (Å²) in [4.78, 5) is 11.4. The van der Waals surface area contributed by atoms with E-state index in [9.17, 15) is 4.79 Å². The highest BCUT2D eigenvalue weighted by Gasteiger charge is 2.15. The summed E-state index contributed by atoms with van der Waals surface area (Å²) in [5, 5.41) is 0. The van der Waals surface area contributed by atoms with Crippen LogP contribution >= 0.6 is 0 Å². The zero-order valence-corrected chi connectivity index (χ0v) is 11.2. The van der Waals surface area contributed by atoms with Crippen LogP contribution in [0.2, 0.25) is 0 Å². The van der Waals surface area contributed by atoms with Gasteiger partial charge in [0.25, 0.3) is 0 Å². The highest BCUT2D eigenvalue weighted by Crippen LogP contribution is 2.11. The smallest absolute Gasteiger partial charge is 0.306 e. The summed E-state index contributed by atoms with van der Waals surface area (Å²) in [6.07, 6.45) is 10.4. The molecule has 0 spiro atoms. The minimum absolute atomic E-state index is 0.0726. The first-order valence-corrected chi connectivity index (χ1v) is 6.32. The Labute approximate surface area is 100 Å². The Bertz CT molecular complexity index is 211. The third kappa shape index (κ3) is 11.3. The zero-order chi connectivity index (χ0) is 12.4. The standard InChI is InChI=1S/C14H26O2/c1-5-6-7-8-9-10-11-12-13(15)16-14(2,3)4/h6-7H,5,8-12H2,1-4H3. The molecule has 16 heavy (non-hydrogen) atoms. The van der Waals surface area contributed by atoms with E-state index >= 15 is 0 Å². The normalized spacial score (nSPS) is 12.0. The SMILES string of the molecule is CCC=CCCCCCC(=O)OC(C)(C)C. The molecule has 0 fully saturated rings. The van der Waals surface area contributed by atoms with E-state index in [1.807, 2.05) is 20.8 Å². The maximum absolute atomic E-state index is 11.4. The van der Waals surface area contributed by atoms with Gasteiger partial charge in [0.05, 0.1) is 0 Å². The summed E-state index contributed by atoms with van der Waals surface area (Å²) in [5.41, 5.74) is -0.346. The Morgan fingerprint density at radius 2 is 1.81 bits per heavy atom. The second-order valence-electron chi connectivity index (χ2n) is 5.07. The second-order valence-corrected chi connectivity index (χ2v) is 5.07. The summed E-state index contributed by atoms with van der Waals surface area (Å²) in [5.74, 6) is -0.0726. The van der Waals surface area contributed by atoms with Crippen LogP contribution in [0.4, 0.5) is 0 Å². The second kappa shape index (κ2) is 8.37. The first-order chi connectivity index (χ1) is 7.45. The number of hydrogen-bond donors (Lipinski definition) is 0. The minimum Gasteiger partial charge on any atom is -0.460 e. The fraction of sp³-hybridized carbons (Fsp3) is 0.786. The summed E-state index contributed by atoms with van der Waals surface area (Å²) >= 11 is 0. The molecule has 0 aromatic rings. The fourth-order valence-corrected chi connectivity index (χ4v) is 1.39. The van der Waals surface area contributed by atoms with Crippen LogP contribution in [0.25, 0.3) is 0 Å². The molecule has 0 aliphatic carbocycles. The molecular formula is C14H26O2. The summed E-state index contributed by atoms with van der Waals surface area (Å²) in [7, 11) is 0. The zero-order valence-electron chi connectivity index (χ0n) is 11.2. The highest BCUT2D eigenvalue weighted by atomic mass is 16.6. The van der Waals surface area contributed by atoms with Crippen LogP contribution in [0.3, 0.4) is 0 Å². The van der Waals surface area contributed by atoms with Gasteiger partial charge in [-0.1, -0.05) is 25.5 Å². The van der Waals surface area contributed by atoms with E-state index in [-0.39, 0.29) is 11.6 Å². The lowest BCUT2D eigenvalue weighted by molar-refractivity contribution is -0.154. The van der Waals surface area contributed by atoms with Crippen molar-refractivity contribution in [1.82, 2.24) is 0 Å². The van der Waals surface area contributed by atoms with E-state index in [1.54, 1.807) is 0 Å². The number of carbonyl (C=O) groups excluding carboxylic acids is 1. The molecule has 2 heteroatoms. The quantitative estimate of drug-likeness (QED) is 0.368. The number of unbranched alkanes of at least 4 members (excludes halogenated alkanes) is 3. The lowest BCUT2D eigenvalue weighted by Crippen LogP contribution is -2.23. The molecule has 0 heterocycles. The molecule has 0 atom stereocenters. The number of allylic oxidation sites excluding steroid dienone is 2. The molecule has 0 aromatic heterocycles. The Morgan fingerprint density at radius 3 is 2.38 bits per heavy atom. The number of rotatable bonds is 7. The average molecular weight is 226 g/mol. The van der Waals surface area contributed by atoms with Crippen molar-refractivity contribution in [3.05, 3.63) is 12.2 Å². The largest absolute Gasteiger partial charge is 0.460 e. The van der Waals surface area contributed by atoms with E-state index in [2.05, 4.69) is 19.1 Å². The van der Waals surface area contributed by atoms with Gasteiger partial charge in [-0.3, -0.25) is 4.79 Å². The van der Waals surface area contributed by atoms with Gasteiger partial charge in [0.15, 0.2) is 0 Å². The molecule has 0 amide bonds. The van der Waals surface area contributed by atoms with Crippen LogP contribution in [0.15, 0.2) is 12.2 Å². The third-order valence-corrected chi connectivity index (χ3v) is 2.07. The highest BCUT2D eigenvalue weighted by molar-refractivity contribution is 5.69. The molecule has 0 bridgehead atoms. The summed E-state index contributed by atoms with van der Waals surface area (Å²) in [6.45, 7) is 7.85. The monoisotopic (exact) mass is 226 g/mol. The number of hydrogen-bond acceptors (Lipinski definition) is 2. The molecule has 94 valence electrons. The van der Waals surface area contributed by atoms with Crippen molar-refractivity contribution in [3.63, 3.8) is 0 Å². The summed E-state index contributed by atoms with van der Waals surface area (Å²) in [6, 6.07) is 0. The van der Waals surface area contributed by atoms with Crippen molar-refractivity contribution < 1.29 is 9.53 Å². The van der Waals surface area contributed by atoms with Gasteiger partial charge in [0.2, 0.25) is 0 Å². The van der Waals surface area contributed by atoms with Gasteiger partial charge >= 0.3 is 5.97 Å². The van der Waals surface area contributed by atoms with Gasteiger partial charge in [-0.25, -0.2) is 0 Å². The van der Waals surface area contributed by atoms with Crippen LogP contribution in [0.5, 0.6) is 0 Å². The third-order valence-electron chi connectivity index (χ3n) is 2.07. The van der Waals surface area contributed by atoms with Crippen LogP contribution in [-0.4, -0.2) is 11.6 Å². The van der Waals surface area contributed by atoms with Crippen molar-refractivity contribution in [2.75, 3.05) is 0 Å². The average Bonchev–Trinajstić information content (AvgIpc) is 2.13. The maximum Gasteiger partial charge on any atom is 0.306 e. The Hall–Kier alpha value is -0.790. The molecule has 0 aromatic carbocycles. The van der Waals surface area contributed by atoms with Crippen molar-refractivity contribution >= 4 is 5.97 Å². The van der Waals surface area contributed by atoms with Crippen LogP contribution < -0.4 is 0 Å². The van der Waals surface area contributed by atoms with Crippen molar-refractivity contribution in [2.45, 2.75) is 71.8 Å². The minimum atomic E-state index is -0.346. The van der Waals surface area contributed by atoms with E-state index in [1.165, 1.54) is 6.42 Å². The first kappa shape index (κ1) is 15.2. The number of esters is 1. The molecule has 0 aliphatic rings. The summed E-state index contributed by atoms with van der Waals surface area (Å²) < 4.78 is 5.23. The van der Waals surface area contributed by atoms with Crippen molar-refractivity contribution in [2.24, 2.45) is 0 Å². The van der Waals surface area contributed by atoms with Gasteiger partial charge in [-0.05, 0) is 46.5 Å². The molecule has 0 aliphatic heterocycles. The van der Waals surface area contributed by atoms with E-state index in [4.69, 9.17) is 4.74 Å². The molecule has 0 unspecified atom stereocenters. The fourth-order valence-electron chi connectivity index (χ4n) is 1.39. The number of ether oxygens (including phenoxy) is 1. The predicted molar refractivity (Wildman–Crippen MR) is 68.4 cm³/mol. The molecule has 0 N–H and O–H groups in total. The molecule has 0 saturated carbocycles. The first-order valence-electron chi connectivity index (χ1n) is 6.32. The van der Waals surface area contributed by atoms with Crippen LogP contribution in [0.1, 0.15) is 66.2 Å². The Morgan fingerprint density at radius 1 is 1.12 bits per heavy atom. The lowest BCUT2D eigenvalue weighted by atomic mass is 10.1. The Kier molecular flexibility index (Phi) is 7.96. The number of carbonyl (C=O) groups is 1. The Balaban J connectivity index is 3.38. The van der Waals surface area contributed by atoms with Gasteiger partial charge in [-0.15, -0.1) is 0 Å². The van der Waals surface area contributed by atoms with E-state index < -0.39 is 0 Å².